The van der Waals surface area contributed by atoms with Gasteiger partial charge in [0.05, 0.1) is 6.54 Å². The molecule has 1 saturated heterocycles. The Labute approximate surface area is 135 Å². The predicted molar refractivity (Wildman–Crippen MR) is 86.7 cm³/mol. The van der Waals surface area contributed by atoms with Crippen molar-refractivity contribution in [1.29, 1.82) is 0 Å². The van der Waals surface area contributed by atoms with E-state index in [0.717, 1.165) is 31.7 Å². The molecule has 0 saturated carbocycles. The van der Waals surface area contributed by atoms with Gasteiger partial charge >= 0.3 is 0 Å². The molecule has 0 bridgehead atoms. The highest BCUT2D eigenvalue weighted by Gasteiger charge is 2.21. The maximum atomic E-state index is 5.90. The Morgan fingerprint density at radius 2 is 2.18 bits per heavy atom. The molecule has 2 aromatic rings. The van der Waals surface area contributed by atoms with Gasteiger partial charge in [-0.05, 0) is 63.2 Å². The highest BCUT2D eigenvalue weighted by molar-refractivity contribution is 6.30. The minimum absolute atomic E-state index is 0.621. The number of benzene rings is 1. The lowest BCUT2D eigenvalue weighted by molar-refractivity contribution is 0.149. The zero-order valence-electron chi connectivity index (χ0n) is 12.8. The van der Waals surface area contributed by atoms with Crippen molar-refractivity contribution >= 4 is 11.6 Å². The summed E-state index contributed by atoms with van der Waals surface area (Å²) in [5.74, 6) is 2.00. The molecule has 118 valence electrons. The SMILES string of the molecule is CNCC1CCCN(Cc2nc(-c3ccc(Cl)cc3)no2)C1. The molecule has 1 unspecified atom stereocenters. The van der Waals surface area contributed by atoms with Crippen LogP contribution in [0, 0.1) is 5.92 Å². The van der Waals surface area contributed by atoms with Gasteiger partial charge in [-0.25, -0.2) is 0 Å². The van der Waals surface area contributed by atoms with Crippen LogP contribution < -0.4 is 5.32 Å². The Bertz CT molecular complexity index is 596. The highest BCUT2D eigenvalue weighted by atomic mass is 35.5. The summed E-state index contributed by atoms with van der Waals surface area (Å²) in [4.78, 5) is 6.89. The fourth-order valence-corrected chi connectivity index (χ4v) is 3.10. The van der Waals surface area contributed by atoms with E-state index in [-0.39, 0.29) is 0 Å². The first-order valence-electron chi connectivity index (χ1n) is 7.70. The molecule has 1 N–H and O–H groups in total. The molecule has 1 atom stereocenters. The molecule has 0 spiro atoms. The van der Waals surface area contributed by atoms with Crippen molar-refractivity contribution in [3.63, 3.8) is 0 Å². The second kappa shape index (κ2) is 7.22. The van der Waals surface area contributed by atoms with E-state index in [2.05, 4.69) is 20.4 Å². The second-order valence-electron chi connectivity index (χ2n) is 5.82. The van der Waals surface area contributed by atoms with E-state index in [4.69, 9.17) is 16.1 Å². The van der Waals surface area contributed by atoms with Crippen molar-refractivity contribution in [1.82, 2.24) is 20.4 Å². The van der Waals surface area contributed by atoms with Crippen LogP contribution in [0.2, 0.25) is 5.02 Å². The van der Waals surface area contributed by atoms with E-state index in [9.17, 15) is 0 Å². The fourth-order valence-electron chi connectivity index (χ4n) is 2.98. The van der Waals surface area contributed by atoms with Crippen molar-refractivity contribution < 1.29 is 4.52 Å². The normalized spacial score (nSPS) is 19.5. The molecule has 3 rings (SSSR count). The lowest BCUT2D eigenvalue weighted by Gasteiger charge is -2.31. The van der Waals surface area contributed by atoms with Gasteiger partial charge in [0.1, 0.15) is 0 Å². The summed E-state index contributed by atoms with van der Waals surface area (Å²) in [6.45, 7) is 3.97. The Morgan fingerprint density at radius 3 is 2.95 bits per heavy atom. The van der Waals surface area contributed by atoms with Gasteiger partial charge in [-0.2, -0.15) is 4.98 Å². The molecule has 5 nitrogen and oxygen atoms in total. The number of hydrogen-bond donors (Lipinski definition) is 1. The average Bonchev–Trinajstić information content (AvgIpc) is 2.97. The number of hydrogen-bond acceptors (Lipinski definition) is 5. The summed E-state index contributed by atoms with van der Waals surface area (Å²) in [7, 11) is 2.01. The van der Waals surface area contributed by atoms with Gasteiger partial charge in [0.2, 0.25) is 11.7 Å². The minimum atomic E-state index is 0.621. The Hall–Kier alpha value is -1.43. The fraction of sp³-hybridized carbons (Fsp3) is 0.500. The third kappa shape index (κ3) is 3.85. The molecule has 0 radical (unpaired) electrons. The molecule has 22 heavy (non-hydrogen) atoms. The molecule has 2 heterocycles. The first-order chi connectivity index (χ1) is 10.7. The molecule has 0 aliphatic carbocycles. The quantitative estimate of drug-likeness (QED) is 0.918. The van der Waals surface area contributed by atoms with Gasteiger partial charge < -0.3 is 9.84 Å². The summed E-state index contributed by atoms with van der Waals surface area (Å²) in [6, 6.07) is 7.47. The number of nitrogens with one attached hydrogen (secondary N) is 1. The van der Waals surface area contributed by atoms with Crippen LogP contribution in [0.4, 0.5) is 0 Å². The van der Waals surface area contributed by atoms with Crippen LogP contribution in [-0.2, 0) is 6.54 Å². The second-order valence-corrected chi connectivity index (χ2v) is 6.26. The Kier molecular flexibility index (Phi) is 5.08. The first-order valence-corrected chi connectivity index (χ1v) is 8.08. The van der Waals surface area contributed by atoms with Crippen molar-refractivity contribution in [2.75, 3.05) is 26.7 Å². The number of rotatable bonds is 5. The van der Waals surface area contributed by atoms with Crippen molar-refractivity contribution in [2.45, 2.75) is 19.4 Å². The topological polar surface area (TPSA) is 54.2 Å². The highest BCUT2D eigenvalue weighted by Crippen LogP contribution is 2.21. The molecule has 1 fully saturated rings. The molecule has 1 aromatic carbocycles. The lowest BCUT2D eigenvalue weighted by atomic mass is 9.98. The third-order valence-electron chi connectivity index (χ3n) is 4.03. The molecular weight excluding hydrogens is 300 g/mol. The molecular formula is C16H21ClN4O. The van der Waals surface area contributed by atoms with Gasteiger partial charge in [-0.15, -0.1) is 0 Å². The minimum Gasteiger partial charge on any atom is -0.338 e. The van der Waals surface area contributed by atoms with Gasteiger partial charge in [-0.3, -0.25) is 4.90 Å². The van der Waals surface area contributed by atoms with Gasteiger partial charge in [0.15, 0.2) is 0 Å². The monoisotopic (exact) mass is 320 g/mol. The zero-order valence-corrected chi connectivity index (χ0v) is 13.5. The third-order valence-corrected chi connectivity index (χ3v) is 4.28. The predicted octanol–water partition coefficient (Wildman–Crippen LogP) is 2.82. The van der Waals surface area contributed by atoms with E-state index in [1.807, 2.05) is 31.3 Å². The standard InChI is InChI=1S/C16H21ClN4O/c1-18-9-12-3-2-8-21(10-12)11-15-19-16(20-22-15)13-4-6-14(17)7-5-13/h4-7,12,18H,2-3,8-11H2,1H3. The van der Waals surface area contributed by atoms with Crippen molar-refractivity contribution in [2.24, 2.45) is 5.92 Å². The number of halogens is 1. The largest absolute Gasteiger partial charge is 0.338 e. The first kappa shape index (κ1) is 15.5. The summed E-state index contributed by atoms with van der Waals surface area (Å²) >= 11 is 5.90. The number of aromatic nitrogens is 2. The van der Waals surface area contributed by atoms with Crippen LogP contribution in [0.15, 0.2) is 28.8 Å². The van der Waals surface area contributed by atoms with Crippen LogP contribution >= 0.6 is 11.6 Å². The number of likely N-dealkylation sites (tertiary alicyclic amines) is 1. The van der Waals surface area contributed by atoms with Gasteiger partial charge in [-0.1, -0.05) is 16.8 Å². The summed E-state index contributed by atoms with van der Waals surface area (Å²) in [5.41, 5.74) is 0.922. The van der Waals surface area contributed by atoms with E-state index in [1.54, 1.807) is 0 Å². The van der Waals surface area contributed by atoms with Crippen LogP contribution in [0.1, 0.15) is 18.7 Å². The van der Waals surface area contributed by atoms with E-state index >= 15 is 0 Å². The van der Waals surface area contributed by atoms with Gasteiger partial charge in [0.25, 0.3) is 0 Å². The average molecular weight is 321 g/mol. The van der Waals surface area contributed by atoms with E-state index in [0.29, 0.717) is 22.7 Å². The van der Waals surface area contributed by atoms with Crippen LogP contribution in [0.25, 0.3) is 11.4 Å². The maximum Gasteiger partial charge on any atom is 0.241 e. The van der Waals surface area contributed by atoms with Crippen LogP contribution in [-0.4, -0.2) is 41.7 Å². The molecule has 0 amide bonds. The van der Waals surface area contributed by atoms with Gasteiger partial charge in [0, 0.05) is 17.1 Å². The zero-order chi connectivity index (χ0) is 15.4. The molecule has 1 aliphatic rings. The molecule has 1 aliphatic heterocycles. The van der Waals surface area contributed by atoms with Crippen LogP contribution in [0.3, 0.4) is 0 Å². The molecule has 1 aromatic heterocycles. The maximum absolute atomic E-state index is 5.90. The van der Waals surface area contributed by atoms with Crippen LogP contribution in [0.5, 0.6) is 0 Å². The van der Waals surface area contributed by atoms with Crippen molar-refractivity contribution in [3.05, 3.63) is 35.2 Å². The lowest BCUT2D eigenvalue weighted by Crippen LogP contribution is -2.38. The summed E-state index contributed by atoms with van der Waals surface area (Å²) in [5, 5.41) is 8.04. The molecule has 6 heteroatoms. The van der Waals surface area contributed by atoms with Crippen molar-refractivity contribution in [3.8, 4) is 11.4 Å². The van der Waals surface area contributed by atoms with E-state index < -0.39 is 0 Å². The Balaban J connectivity index is 1.63. The van der Waals surface area contributed by atoms with E-state index in [1.165, 1.54) is 12.8 Å². The number of piperidine rings is 1. The number of nitrogens with zero attached hydrogens (tertiary/aromatic N) is 3. The smallest absolute Gasteiger partial charge is 0.241 e. The summed E-state index contributed by atoms with van der Waals surface area (Å²) < 4.78 is 5.40. The summed E-state index contributed by atoms with van der Waals surface area (Å²) in [6.07, 6.45) is 2.52. The Morgan fingerprint density at radius 1 is 1.36 bits per heavy atom.